The number of nitrogen functional groups attached to an aromatic ring is 1. The van der Waals surface area contributed by atoms with Crippen molar-refractivity contribution in [3.05, 3.63) is 11.8 Å². The minimum Gasteiger partial charge on any atom is -0.462 e. The molecule has 0 saturated carbocycles. The molecule has 0 spiro atoms. The topological polar surface area (TPSA) is 78.1 Å². The minimum atomic E-state index is -0.481. The van der Waals surface area contributed by atoms with Gasteiger partial charge in [-0.2, -0.15) is 0 Å². The molecule has 17 heavy (non-hydrogen) atoms. The van der Waals surface area contributed by atoms with Crippen LogP contribution < -0.4 is 5.73 Å². The van der Waals surface area contributed by atoms with Crippen LogP contribution in [-0.4, -0.2) is 27.8 Å². The number of hydrogen-bond donors (Lipinski definition) is 1. The largest absolute Gasteiger partial charge is 0.462 e. The highest BCUT2D eigenvalue weighted by Gasteiger charge is 2.14. The summed E-state index contributed by atoms with van der Waals surface area (Å²) < 4.78 is 4.85. The van der Waals surface area contributed by atoms with Crippen molar-refractivity contribution in [1.29, 1.82) is 0 Å². The Kier molecular flexibility index (Phi) is 5.21. The van der Waals surface area contributed by atoms with Crippen LogP contribution in [0, 0.1) is 0 Å². The van der Waals surface area contributed by atoms with E-state index in [4.69, 9.17) is 10.5 Å². The quantitative estimate of drug-likeness (QED) is 0.493. The van der Waals surface area contributed by atoms with Gasteiger partial charge in [0.15, 0.2) is 5.16 Å². The SMILES string of the molecule is CCOC(=O)c1cnc(SC(C)CC)nc1N. The molecular formula is C11H17N3O2S. The monoisotopic (exact) mass is 255 g/mol. The average molecular weight is 255 g/mol. The van der Waals surface area contributed by atoms with E-state index in [-0.39, 0.29) is 11.4 Å². The van der Waals surface area contributed by atoms with Crippen LogP contribution >= 0.6 is 11.8 Å². The summed E-state index contributed by atoms with van der Waals surface area (Å²) >= 11 is 1.54. The molecule has 0 aliphatic carbocycles. The van der Waals surface area contributed by atoms with Crippen molar-refractivity contribution in [3.8, 4) is 0 Å². The van der Waals surface area contributed by atoms with Gasteiger partial charge in [0.05, 0.1) is 6.61 Å². The molecule has 0 radical (unpaired) electrons. The highest BCUT2D eigenvalue weighted by atomic mass is 32.2. The van der Waals surface area contributed by atoms with E-state index in [0.717, 1.165) is 6.42 Å². The molecule has 5 nitrogen and oxygen atoms in total. The van der Waals surface area contributed by atoms with E-state index in [1.807, 2.05) is 0 Å². The lowest BCUT2D eigenvalue weighted by Crippen LogP contribution is -2.11. The molecule has 1 aromatic heterocycles. The third-order valence-electron chi connectivity index (χ3n) is 2.17. The van der Waals surface area contributed by atoms with Gasteiger partial charge in [0.1, 0.15) is 11.4 Å². The van der Waals surface area contributed by atoms with E-state index in [0.29, 0.717) is 17.0 Å². The van der Waals surface area contributed by atoms with Gasteiger partial charge in [-0.25, -0.2) is 14.8 Å². The molecule has 1 rings (SSSR count). The normalized spacial score (nSPS) is 12.2. The lowest BCUT2D eigenvalue weighted by Gasteiger charge is -2.08. The van der Waals surface area contributed by atoms with E-state index < -0.39 is 5.97 Å². The van der Waals surface area contributed by atoms with Crippen LogP contribution in [0.15, 0.2) is 11.4 Å². The molecule has 6 heteroatoms. The summed E-state index contributed by atoms with van der Waals surface area (Å²) in [6.07, 6.45) is 2.44. The predicted octanol–water partition coefficient (Wildman–Crippen LogP) is 2.13. The van der Waals surface area contributed by atoms with Gasteiger partial charge in [0.25, 0.3) is 0 Å². The van der Waals surface area contributed by atoms with Crippen molar-refractivity contribution >= 4 is 23.5 Å². The number of aromatic nitrogens is 2. The molecule has 0 fully saturated rings. The van der Waals surface area contributed by atoms with Crippen LogP contribution in [0.1, 0.15) is 37.6 Å². The molecule has 0 aliphatic heterocycles. The first-order valence-electron chi connectivity index (χ1n) is 5.54. The number of anilines is 1. The molecular weight excluding hydrogens is 238 g/mol. The van der Waals surface area contributed by atoms with Crippen LogP contribution in [0.25, 0.3) is 0 Å². The Morgan fingerprint density at radius 2 is 2.29 bits per heavy atom. The summed E-state index contributed by atoms with van der Waals surface area (Å²) in [6, 6.07) is 0. The molecule has 1 unspecified atom stereocenters. The van der Waals surface area contributed by atoms with E-state index in [1.54, 1.807) is 6.92 Å². The zero-order chi connectivity index (χ0) is 12.8. The van der Waals surface area contributed by atoms with Crippen molar-refractivity contribution in [2.75, 3.05) is 12.3 Å². The fraction of sp³-hybridized carbons (Fsp3) is 0.545. The van der Waals surface area contributed by atoms with Crippen LogP contribution in [0.4, 0.5) is 5.82 Å². The number of rotatable bonds is 5. The second-order valence-corrected chi connectivity index (χ2v) is 4.91. The van der Waals surface area contributed by atoms with Gasteiger partial charge < -0.3 is 10.5 Å². The third kappa shape index (κ3) is 3.89. The second-order valence-electron chi connectivity index (χ2n) is 3.51. The van der Waals surface area contributed by atoms with E-state index in [9.17, 15) is 4.79 Å². The fourth-order valence-corrected chi connectivity index (χ4v) is 1.86. The Morgan fingerprint density at radius 3 is 2.82 bits per heavy atom. The first-order valence-corrected chi connectivity index (χ1v) is 6.42. The number of carbonyl (C=O) groups is 1. The van der Waals surface area contributed by atoms with Gasteiger partial charge in [-0.05, 0) is 13.3 Å². The molecule has 0 aromatic carbocycles. The highest BCUT2D eigenvalue weighted by Crippen LogP contribution is 2.22. The Balaban J connectivity index is 2.82. The first-order chi connectivity index (χ1) is 8.08. The number of carbonyl (C=O) groups excluding carboxylic acids is 1. The van der Waals surface area contributed by atoms with Gasteiger partial charge in [-0.15, -0.1) is 0 Å². The molecule has 94 valence electrons. The number of thioether (sulfide) groups is 1. The molecule has 1 aromatic rings. The smallest absolute Gasteiger partial charge is 0.343 e. The maximum Gasteiger partial charge on any atom is 0.343 e. The van der Waals surface area contributed by atoms with Gasteiger partial charge >= 0.3 is 5.97 Å². The van der Waals surface area contributed by atoms with Crippen molar-refractivity contribution in [2.45, 2.75) is 37.6 Å². The van der Waals surface area contributed by atoms with Crippen LogP contribution in [0.2, 0.25) is 0 Å². The number of nitrogens with two attached hydrogens (primary N) is 1. The average Bonchev–Trinajstić information content (AvgIpc) is 2.29. The molecule has 1 atom stereocenters. The molecule has 0 bridgehead atoms. The molecule has 1 heterocycles. The Hall–Kier alpha value is -1.30. The van der Waals surface area contributed by atoms with E-state index in [1.165, 1.54) is 18.0 Å². The summed E-state index contributed by atoms with van der Waals surface area (Å²) in [5.41, 5.74) is 5.93. The number of nitrogens with zero attached hydrogens (tertiary/aromatic N) is 2. The van der Waals surface area contributed by atoms with Crippen LogP contribution in [-0.2, 0) is 4.74 Å². The van der Waals surface area contributed by atoms with Crippen molar-refractivity contribution < 1.29 is 9.53 Å². The Labute approximate surface area is 105 Å². The maximum atomic E-state index is 11.5. The van der Waals surface area contributed by atoms with Gasteiger partial charge in [-0.1, -0.05) is 25.6 Å². The third-order valence-corrected chi connectivity index (χ3v) is 3.32. The van der Waals surface area contributed by atoms with Crippen LogP contribution in [0.5, 0.6) is 0 Å². The summed E-state index contributed by atoms with van der Waals surface area (Å²) in [4.78, 5) is 19.7. The van der Waals surface area contributed by atoms with Crippen molar-refractivity contribution in [2.24, 2.45) is 0 Å². The van der Waals surface area contributed by atoms with E-state index >= 15 is 0 Å². The van der Waals surface area contributed by atoms with Gasteiger partial charge in [0.2, 0.25) is 0 Å². The summed E-state index contributed by atoms with van der Waals surface area (Å²) in [5.74, 6) is -0.311. The van der Waals surface area contributed by atoms with Crippen molar-refractivity contribution in [3.63, 3.8) is 0 Å². The van der Waals surface area contributed by atoms with Crippen LogP contribution in [0.3, 0.4) is 0 Å². The summed E-state index contributed by atoms with van der Waals surface area (Å²) in [6.45, 7) is 6.22. The zero-order valence-electron chi connectivity index (χ0n) is 10.3. The lowest BCUT2D eigenvalue weighted by atomic mass is 10.3. The molecule has 0 amide bonds. The Morgan fingerprint density at radius 1 is 1.59 bits per heavy atom. The van der Waals surface area contributed by atoms with Crippen molar-refractivity contribution in [1.82, 2.24) is 9.97 Å². The van der Waals surface area contributed by atoms with Gasteiger partial charge in [0, 0.05) is 11.4 Å². The highest BCUT2D eigenvalue weighted by molar-refractivity contribution is 7.99. The standard InChI is InChI=1S/C11H17N3O2S/c1-4-7(3)17-11-13-6-8(9(12)14-11)10(15)16-5-2/h6-7H,4-5H2,1-3H3,(H2,12,13,14). The van der Waals surface area contributed by atoms with Gasteiger partial charge in [-0.3, -0.25) is 0 Å². The first kappa shape index (κ1) is 13.8. The fourth-order valence-electron chi connectivity index (χ4n) is 1.06. The second kappa shape index (κ2) is 6.44. The maximum absolute atomic E-state index is 11.5. The minimum absolute atomic E-state index is 0.171. The molecule has 0 aliphatic rings. The van der Waals surface area contributed by atoms with E-state index in [2.05, 4.69) is 23.8 Å². The summed E-state index contributed by atoms with van der Waals surface area (Å²) in [7, 11) is 0. The number of ether oxygens (including phenoxy) is 1. The Bertz CT molecular complexity index is 398. The number of esters is 1. The summed E-state index contributed by atoms with van der Waals surface area (Å²) in [5, 5.41) is 1.01. The lowest BCUT2D eigenvalue weighted by molar-refractivity contribution is 0.0526. The predicted molar refractivity (Wildman–Crippen MR) is 68.0 cm³/mol. The number of hydrogen-bond acceptors (Lipinski definition) is 6. The molecule has 0 saturated heterocycles. The molecule has 2 N–H and O–H groups in total. The zero-order valence-corrected chi connectivity index (χ0v) is 11.1.